The predicted octanol–water partition coefficient (Wildman–Crippen LogP) is 6.60. The van der Waals surface area contributed by atoms with E-state index in [1.54, 1.807) is 16.7 Å². The average Bonchev–Trinajstić information content (AvgIpc) is 4.10. The fourth-order valence-corrected chi connectivity index (χ4v) is 12.9. The molecule has 3 N–H and O–H groups in total. The summed E-state index contributed by atoms with van der Waals surface area (Å²) in [5.41, 5.74) is -0.0622. The van der Waals surface area contributed by atoms with Crippen molar-refractivity contribution in [2.24, 2.45) is 4.99 Å². The van der Waals surface area contributed by atoms with E-state index >= 15 is 0 Å². The molecule has 6 aliphatic rings. The van der Waals surface area contributed by atoms with Gasteiger partial charge in [-0.3, -0.25) is 0 Å². The summed E-state index contributed by atoms with van der Waals surface area (Å²) in [6, 6.07) is 7.06. The van der Waals surface area contributed by atoms with Crippen molar-refractivity contribution in [1.82, 2.24) is 38.8 Å². The van der Waals surface area contributed by atoms with Crippen molar-refractivity contribution in [2.75, 3.05) is 39.3 Å². The quantitative estimate of drug-likeness (QED) is 0.0999. The molecule has 10 rings (SSSR count). The highest BCUT2D eigenvalue weighted by atomic mass is 32.2. The number of carbonyl (C=O) groups excluding carboxylic acids is 2. The molecule has 0 atom stereocenters. The molecule has 0 unspecified atom stereocenters. The number of pyridine rings is 2. The van der Waals surface area contributed by atoms with Crippen molar-refractivity contribution in [2.45, 2.75) is 116 Å². The number of hydrogen-bond acceptors (Lipinski definition) is 9. The highest BCUT2D eigenvalue weighted by Gasteiger charge is 2.65. The number of H-pyrrole nitrogens is 2. The SMILES string of the molecule is O=C(NC1(C(F)(F)F)CC1)N1CC(S(=O)(=O)N2CCC(c3c[nH]c4ncccc34)CC2)C1.O=C=NC1(C(F)(F)F)CC1.O=S(=O)(C1CCC1)N1CCC(c2c[nH]c3ncccc23)CC1. The van der Waals surface area contributed by atoms with Crippen LogP contribution >= 0.6 is 0 Å². The summed E-state index contributed by atoms with van der Waals surface area (Å²) in [7, 11) is -6.66. The van der Waals surface area contributed by atoms with Gasteiger partial charge in [-0.2, -0.15) is 31.3 Å². The molecule has 348 valence electrons. The number of carbonyl (C=O) groups is 1. The van der Waals surface area contributed by atoms with E-state index in [2.05, 4.69) is 31.0 Å². The van der Waals surface area contributed by atoms with Gasteiger partial charge >= 0.3 is 18.4 Å². The average molecular weight is 942 g/mol. The Hall–Kier alpha value is -4.57. The van der Waals surface area contributed by atoms with E-state index in [1.807, 2.05) is 35.9 Å². The van der Waals surface area contributed by atoms with Crippen LogP contribution in [0.25, 0.3) is 22.1 Å². The number of sulfonamides is 2. The lowest BCUT2D eigenvalue weighted by Crippen LogP contribution is -2.64. The Kier molecular flexibility index (Phi) is 12.5. The number of piperidine rings is 2. The van der Waals surface area contributed by atoms with E-state index in [4.69, 9.17) is 0 Å². The van der Waals surface area contributed by atoms with E-state index in [9.17, 15) is 52.8 Å². The highest BCUT2D eigenvalue weighted by Crippen LogP contribution is 2.52. The van der Waals surface area contributed by atoms with Crippen LogP contribution in [0.1, 0.15) is 93.6 Å². The van der Waals surface area contributed by atoms with Gasteiger partial charge in [-0.1, -0.05) is 6.42 Å². The molecule has 3 saturated heterocycles. The lowest BCUT2D eigenvalue weighted by Gasteiger charge is -2.42. The number of nitrogens with zero attached hydrogens (tertiary/aromatic N) is 6. The first-order valence-electron chi connectivity index (χ1n) is 21.4. The van der Waals surface area contributed by atoms with Crippen LogP contribution in [0.2, 0.25) is 0 Å². The number of aromatic nitrogens is 4. The third-order valence-electron chi connectivity index (χ3n) is 13.7. The molecule has 7 heterocycles. The fraction of sp³-hybridized carbons (Fsp3) is 0.610. The Balaban J connectivity index is 0.000000150. The van der Waals surface area contributed by atoms with Gasteiger partial charge in [0.2, 0.25) is 26.1 Å². The molecule has 3 aliphatic heterocycles. The van der Waals surface area contributed by atoms with E-state index in [-0.39, 0.29) is 49.9 Å². The number of likely N-dealkylation sites (tertiary alicyclic amines) is 1. The number of hydrogen-bond donors (Lipinski definition) is 3. The Morgan fingerprint density at radius 2 is 1.19 bits per heavy atom. The van der Waals surface area contributed by atoms with Crippen molar-refractivity contribution in [3.63, 3.8) is 0 Å². The summed E-state index contributed by atoms with van der Waals surface area (Å²) in [4.78, 5) is 40.5. The van der Waals surface area contributed by atoms with Gasteiger partial charge in [-0.25, -0.2) is 45.0 Å². The van der Waals surface area contributed by atoms with Crippen LogP contribution in [0, 0.1) is 0 Å². The molecule has 23 heteroatoms. The Labute approximate surface area is 365 Å². The number of aliphatic imine (C=N–C) groups is 1. The minimum Gasteiger partial charge on any atom is -0.346 e. The summed E-state index contributed by atoms with van der Waals surface area (Å²) >= 11 is 0. The number of aromatic amines is 2. The third kappa shape index (κ3) is 9.01. The summed E-state index contributed by atoms with van der Waals surface area (Å²) in [5.74, 6) is 0.644. The van der Waals surface area contributed by atoms with Crippen molar-refractivity contribution >= 4 is 54.2 Å². The number of nitrogens with one attached hydrogen (secondary N) is 3. The zero-order valence-electron chi connectivity index (χ0n) is 34.7. The second-order valence-electron chi connectivity index (χ2n) is 17.5. The van der Waals surface area contributed by atoms with Crippen molar-refractivity contribution < 1.29 is 52.8 Å². The Morgan fingerprint density at radius 1 is 0.719 bits per heavy atom. The first kappa shape index (κ1) is 46.0. The van der Waals surface area contributed by atoms with Crippen LogP contribution in [0.15, 0.2) is 54.0 Å². The van der Waals surface area contributed by atoms with Gasteiger partial charge in [0.1, 0.15) is 22.1 Å². The van der Waals surface area contributed by atoms with E-state index in [1.165, 1.54) is 15.3 Å². The molecular formula is C41H49F6N9O6S2. The van der Waals surface area contributed by atoms with Gasteiger partial charge in [0.15, 0.2) is 5.54 Å². The number of amides is 2. The predicted molar refractivity (Wildman–Crippen MR) is 223 cm³/mol. The number of halogens is 6. The Bertz CT molecular complexity index is 2600. The number of isocyanates is 1. The van der Waals surface area contributed by atoms with Crippen molar-refractivity contribution in [3.8, 4) is 0 Å². The first-order valence-corrected chi connectivity index (χ1v) is 24.4. The topological polar surface area (TPSA) is 194 Å². The van der Waals surface area contributed by atoms with Crippen molar-refractivity contribution in [3.05, 3.63) is 60.2 Å². The van der Waals surface area contributed by atoms with E-state index in [0.29, 0.717) is 44.9 Å². The molecule has 0 radical (unpaired) electrons. The van der Waals surface area contributed by atoms with Crippen LogP contribution in [0.3, 0.4) is 0 Å². The minimum atomic E-state index is -4.50. The zero-order chi connectivity index (χ0) is 45.7. The summed E-state index contributed by atoms with van der Waals surface area (Å²) < 4.78 is 129. The van der Waals surface area contributed by atoms with Gasteiger partial charge in [0.25, 0.3) is 0 Å². The molecule has 0 aromatic carbocycles. The molecule has 4 aromatic rings. The molecule has 2 amide bonds. The molecule has 6 fully saturated rings. The standard InChI is InChI=1S/C20H24F3N5O3S.C16H21N3O2S.C5H4F3NO/c21-20(22,23)19(5-6-19)26-18(29)27-11-14(12-27)32(30,31)28-8-3-13(4-9-28)16-10-25-17-15(16)2-1-7-24-17;20-22(21,13-3-1-4-13)19-9-6-12(7-10-19)15-11-18-16-14(15)5-2-8-17-16;6-5(7,8)4(1-2-4)9-3-10/h1-2,7,10,13-14H,3-6,8-9,11-12H2,(H,24,25)(H,26,29);2,5,8,11-13H,1,3-4,6-7,9-10H2,(H,17,18);1-2H2. The van der Waals surface area contributed by atoms with Crippen LogP contribution in [0.5, 0.6) is 0 Å². The highest BCUT2D eigenvalue weighted by molar-refractivity contribution is 7.90. The summed E-state index contributed by atoms with van der Waals surface area (Å²) in [6.07, 6.45) is 4.99. The van der Waals surface area contributed by atoms with Crippen LogP contribution < -0.4 is 5.32 Å². The van der Waals surface area contributed by atoms with Crippen LogP contribution in [-0.4, -0.2) is 136 Å². The van der Waals surface area contributed by atoms with Crippen molar-refractivity contribution in [1.29, 1.82) is 0 Å². The lowest BCUT2D eigenvalue weighted by atomic mass is 9.90. The minimum absolute atomic E-state index is 0.0776. The molecule has 0 spiro atoms. The maximum Gasteiger partial charge on any atom is 0.414 e. The molecular weight excluding hydrogens is 893 g/mol. The third-order valence-corrected chi connectivity index (χ3v) is 18.3. The maximum atomic E-state index is 13.0. The molecule has 3 saturated carbocycles. The number of urea groups is 1. The molecule has 15 nitrogen and oxygen atoms in total. The number of rotatable bonds is 8. The largest absolute Gasteiger partial charge is 0.414 e. The second-order valence-corrected chi connectivity index (χ2v) is 22.0. The number of fused-ring (bicyclic) bond motifs is 2. The Morgan fingerprint density at radius 3 is 1.55 bits per heavy atom. The molecule has 64 heavy (non-hydrogen) atoms. The van der Waals surface area contributed by atoms with Crippen LogP contribution in [-0.2, 0) is 24.8 Å². The summed E-state index contributed by atoms with van der Waals surface area (Å²) in [5, 5.41) is 3.37. The van der Waals surface area contributed by atoms with Gasteiger partial charge in [-0.15, -0.1) is 0 Å². The fourth-order valence-electron chi connectivity index (χ4n) is 8.91. The number of alkyl halides is 6. The van der Waals surface area contributed by atoms with Crippen LogP contribution in [0.4, 0.5) is 31.1 Å². The normalized spacial score (nSPS) is 22.2. The second kappa shape index (κ2) is 17.3. The maximum absolute atomic E-state index is 13.0. The molecule has 3 aliphatic carbocycles. The van der Waals surface area contributed by atoms with Gasteiger partial charge in [0.05, 0.1) is 5.25 Å². The first-order chi connectivity index (χ1) is 30.3. The smallest absolute Gasteiger partial charge is 0.346 e. The van der Waals surface area contributed by atoms with E-state index in [0.717, 1.165) is 65.3 Å². The molecule has 4 aromatic heterocycles. The van der Waals surface area contributed by atoms with Gasteiger partial charge in [-0.05, 0) is 111 Å². The van der Waals surface area contributed by atoms with Gasteiger partial charge < -0.3 is 20.2 Å². The lowest BCUT2D eigenvalue weighted by molar-refractivity contribution is -0.163. The van der Waals surface area contributed by atoms with Gasteiger partial charge in [0, 0.05) is 74.8 Å². The summed E-state index contributed by atoms with van der Waals surface area (Å²) in [6.45, 7) is 1.87. The zero-order valence-corrected chi connectivity index (χ0v) is 36.3. The van der Waals surface area contributed by atoms with E-state index < -0.39 is 54.8 Å². The molecule has 0 bridgehead atoms. The monoisotopic (exact) mass is 941 g/mol.